The normalized spacial score (nSPS) is 10.8. The number of benzene rings is 1. The molecule has 13 heavy (non-hydrogen) atoms. The first-order valence-electron chi connectivity index (χ1n) is 3.28. The number of anilines is 1. The average molecular weight is 197 g/mol. The first kappa shape index (κ1) is 9.51. The Kier molecular flexibility index (Phi) is 2.23. The zero-order valence-electron chi connectivity index (χ0n) is 6.56. The van der Waals surface area contributed by atoms with Crippen LogP contribution in [0.1, 0.15) is 5.56 Å². The number of primary sulfonamides is 1. The molecule has 0 spiro atoms. The van der Waals surface area contributed by atoms with Crippen molar-refractivity contribution < 1.29 is 8.42 Å². The number of rotatable bonds is 1. The summed E-state index contributed by atoms with van der Waals surface area (Å²) in [6.07, 6.45) is 0. The van der Waals surface area contributed by atoms with E-state index in [0.29, 0.717) is 0 Å². The molecule has 0 unspecified atom stereocenters. The number of nitrogens with zero attached hydrogens (tertiary/aromatic N) is 1. The van der Waals surface area contributed by atoms with E-state index in [-0.39, 0.29) is 16.1 Å². The smallest absolute Gasteiger partial charge is 0.239 e. The van der Waals surface area contributed by atoms with Gasteiger partial charge in [-0.3, -0.25) is 0 Å². The zero-order chi connectivity index (χ0) is 10.1. The number of sulfonamides is 1. The predicted octanol–water partition coefficient (Wildman–Crippen LogP) is -0.212. The second-order valence-corrected chi connectivity index (χ2v) is 3.91. The van der Waals surface area contributed by atoms with Crippen molar-refractivity contribution in [2.24, 2.45) is 5.14 Å². The maximum absolute atomic E-state index is 10.9. The maximum Gasteiger partial charge on any atom is 0.239 e. The minimum atomic E-state index is -3.87. The monoisotopic (exact) mass is 197 g/mol. The van der Waals surface area contributed by atoms with Gasteiger partial charge in [0, 0.05) is 0 Å². The van der Waals surface area contributed by atoms with Crippen molar-refractivity contribution in [3.8, 4) is 6.07 Å². The summed E-state index contributed by atoms with van der Waals surface area (Å²) in [4.78, 5) is -0.241. The van der Waals surface area contributed by atoms with Crippen molar-refractivity contribution in [2.75, 3.05) is 5.73 Å². The Balaban J connectivity index is 3.59. The molecule has 0 radical (unpaired) electrons. The highest BCUT2D eigenvalue weighted by Gasteiger charge is 2.15. The van der Waals surface area contributed by atoms with Crippen LogP contribution in [0.5, 0.6) is 0 Å². The lowest BCUT2D eigenvalue weighted by atomic mass is 10.2. The topological polar surface area (TPSA) is 110 Å². The van der Waals surface area contributed by atoms with Crippen LogP contribution < -0.4 is 10.9 Å². The molecule has 0 bridgehead atoms. The van der Waals surface area contributed by atoms with Gasteiger partial charge >= 0.3 is 0 Å². The third-order valence-electron chi connectivity index (χ3n) is 1.48. The van der Waals surface area contributed by atoms with E-state index in [1.807, 2.05) is 0 Å². The molecule has 6 heteroatoms. The van der Waals surface area contributed by atoms with Gasteiger partial charge in [0.2, 0.25) is 10.0 Å². The molecule has 0 amide bonds. The van der Waals surface area contributed by atoms with Crippen LogP contribution in [0.2, 0.25) is 0 Å². The summed E-state index contributed by atoms with van der Waals surface area (Å²) < 4.78 is 21.9. The first-order valence-corrected chi connectivity index (χ1v) is 4.83. The predicted molar refractivity (Wildman–Crippen MR) is 46.9 cm³/mol. The van der Waals surface area contributed by atoms with Gasteiger partial charge in [-0.15, -0.1) is 0 Å². The zero-order valence-corrected chi connectivity index (χ0v) is 7.38. The van der Waals surface area contributed by atoms with Gasteiger partial charge in [0.25, 0.3) is 0 Å². The molecule has 0 atom stereocenters. The first-order chi connectivity index (χ1) is 5.96. The van der Waals surface area contributed by atoms with E-state index >= 15 is 0 Å². The molecule has 68 valence electrons. The van der Waals surface area contributed by atoms with Gasteiger partial charge in [0.15, 0.2) is 0 Å². The van der Waals surface area contributed by atoms with Gasteiger partial charge in [-0.1, -0.05) is 6.07 Å². The Morgan fingerprint density at radius 2 is 2.00 bits per heavy atom. The molecule has 0 heterocycles. The second kappa shape index (κ2) is 3.05. The summed E-state index contributed by atoms with van der Waals surface area (Å²) in [6.45, 7) is 0. The molecule has 0 aliphatic heterocycles. The standard InChI is InChI=1S/C7H7N3O2S/c8-4-5-6(9)2-1-3-7(5)13(10,11)12/h1-3H,9H2,(H2,10,11,12). The van der Waals surface area contributed by atoms with Gasteiger partial charge in [0.05, 0.1) is 11.3 Å². The summed E-state index contributed by atoms with van der Waals surface area (Å²) in [7, 11) is -3.87. The number of hydrogen-bond donors (Lipinski definition) is 2. The number of nitriles is 1. The van der Waals surface area contributed by atoms with Crippen LogP contribution in [-0.2, 0) is 10.0 Å². The fourth-order valence-corrected chi connectivity index (χ4v) is 1.62. The molecule has 1 aromatic carbocycles. The van der Waals surface area contributed by atoms with E-state index < -0.39 is 10.0 Å². The fourth-order valence-electron chi connectivity index (χ4n) is 0.905. The fraction of sp³-hybridized carbons (Fsp3) is 0. The molecule has 0 aromatic heterocycles. The van der Waals surface area contributed by atoms with E-state index in [2.05, 4.69) is 0 Å². The van der Waals surface area contributed by atoms with Crippen molar-refractivity contribution in [3.05, 3.63) is 23.8 Å². The van der Waals surface area contributed by atoms with Crippen LogP contribution in [0.3, 0.4) is 0 Å². The Morgan fingerprint density at radius 3 is 2.38 bits per heavy atom. The summed E-state index contributed by atoms with van der Waals surface area (Å²) in [5.41, 5.74) is 5.39. The highest BCUT2D eigenvalue weighted by atomic mass is 32.2. The minimum absolute atomic E-state index is 0.106. The molecular weight excluding hydrogens is 190 g/mol. The Morgan fingerprint density at radius 1 is 1.38 bits per heavy atom. The molecule has 0 aliphatic rings. The molecular formula is C7H7N3O2S. The van der Waals surface area contributed by atoms with E-state index in [1.54, 1.807) is 6.07 Å². The van der Waals surface area contributed by atoms with E-state index in [1.165, 1.54) is 18.2 Å². The van der Waals surface area contributed by atoms with Gasteiger partial charge in [-0.2, -0.15) is 5.26 Å². The highest BCUT2D eigenvalue weighted by molar-refractivity contribution is 7.89. The van der Waals surface area contributed by atoms with Gasteiger partial charge < -0.3 is 5.73 Å². The third-order valence-corrected chi connectivity index (χ3v) is 2.43. The lowest BCUT2D eigenvalue weighted by molar-refractivity contribution is 0.597. The quantitative estimate of drug-likeness (QED) is 0.606. The molecule has 4 N–H and O–H groups in total. The summed E-state index contributed by atoms with van der Waals surface area (Å²) in [5.74, 6) is 0. The average Bonchev–Trinajstić information content (AvgIpc) is 2.02. The van der Waals surface area contributed by atoms with Gasteiger partial charge in [-0.05, 0) is 12.1 Å². The molecule has 0 fully saturated rings. The van der Waals surface area contributed by atoms with Crippen molar-refractivity contribution >= 4 is 15.7 Å². The molecule has 0 saturated heterocycles. The summed E-state index contributed by atoms with van der Waals surface area (Å²) in [5, 5.41) is 13.5. The summed E-state index contributed by atoms with van der Waals surface area (Å²) >= 11 is 0. The van der Waals surface area contributed by atoms with E-state index in [4.69, 9.17) is 16.1 Å². The minimum Gasteiger partial charge on any atom is -0.398 e. The largest absolute Gasteiger partial charge is 0.398 e. The molecule has 0 aliphatic carbocycles. The van der Waals surface area contributed by atoms with Gasteiger partial charge in [-0.25, -0.2) is 13.6 Å². The van der Waals surface area contributed by atoms with Crippen molar-refractivity contribution in [2.45, 2.75) is 4.90 Å². The second-order valence-electron chi connectivity index (χ2n) is 2.38. The molecule has 5 nitrogen and oxygen atoms in total. The highest BCUT2D eigenvalue weighted by Crippen LogP contribution is 2.18. The van der Waals surface area contributed by atoms with Crippen LogP contribution in [-0.4, -0.2) is 8.42 Å². The number of hydrogen-bond acceptors (Lipinski definition) is 4. The van der Waals surface area contributed by atoms with Crippen LogP contribution in [0.15, 0.2) is 23.1 Å². The van der Waals surface area contributed by atoms with Crippen LogP contribution >= 0.6 is 0 Å². The third kappa shape index (κ3) is 1.77. The molecule has 1 rings (SSSR count). The number of nitrogen functional groups attached to an aromatic ring is 1. The lowest BCUT2D eigenvalue weighted by Gasteiger charge is -2.02. The van der Waals surface area contributed by atoms with E-state index in [9.17, 15) is 8.42 Å². The molecule has 0 saturated carbocycles. The Hall–Kier alpha value is -1.58. The van der Waals surface area contributed by atoms with Gasteiger partial charge in [0.1, 0.15) is 11.0 Å². The Labute approximate surface area is 75.6 Å². The molecule has 1 aromatic rings. The summed E-state index contributed by atoms with van der Waals surface area (Å²) in [6, 6.07) is 5.79. The van der Waals surface area contributed by atoms with Crippen LogP contribution in [0.4, 0.5) is 5.69 Å². The van der Waals surface area contributed by atoms with Crippen LogP contribution in [0.25, 0.3) is 0 Å². The van der Waals surface area contributed by atoms with Crippen LogP contribution in [0, 0.1) is 11.3 Å². The number of nitrogens with two attached hydrogens (primary N) is 2. The van der Waals surface area contributed by atoms with Crippen molar-refractivity contribution in [1.29, 1.82) is 5.26 Å². The Bertz CT molecular complexity index is 473. The van der Waals surface area contributed by atoms with E-state index in [0.717, 1.165) is 0 Å². The van der Waals surface area contributed by atoms with Crippen molar-refractivity contribution in [3.63, 3.8) is 0 Å². The SMILES string of the molecule is N#Cc1c(N)cccc1S(N)(=O)=O. The lowest BCUT2D eigenvalue weighted by Crippen LogP contribution is -2.14. The maximum atomic E-state index is 10.9. The van der Waals surface area contributed by atoms with Crippen molar-refractivity contribution in [1.82, 2.24) is 0 Å².